The Morgan fingerprint density at radius 1 is 1.13 bits per heavy atom. The fourth-order valence-corrected chi connectivity index (χ4v) is 2.06. The van der Waals surface area contributed by atoms with Gasteiger partial charge >= 0.3 is 5.97 Å². The molecule has 0 radical (unpaired) electrons. The summed E-state index contributed by atoms with van der Waals surface area (Å²) in [6.07, 6.45) is 1.12. The molecule has 5 heteroatoms. The number of carbonyl (C=O) groups excluding carboxylic acids is 1. The summed E-state index contributed by atoms with van der Waals surface area (Å²) in [6, 6.07) is 11.7. The van der Waals surface area contributed by atoms with Gasteiger partial charge in [-0.1, -0.05) is 18.7 Å². The van der Waals surface area contributed by atoms with E-state index in [4.69, 9.17) is 18.9 Å². The zero-order chi connectivity index (χ0) is 16.5. The molecular formula is C18H20O5. The van der Waals surface area contributed by atoms with Gasteiger partial charge in [-0.15, -0.1) is 0 Å². The van der Waals surface area contributed by atoms with Crippen molar-refractivity contribution >= 4 is 16.7 Å². The number of rotatable bonds is 9. The topological polar surface area (TPSA) is 54.0 Å². The quantitative estimate of drug-likeness (QED) is 0.404. The third-order valence-electron chi connectivity index (χ3n) is 3.17. The van der Waals surface area contributed by atoms with E-state index in [1.54, 1.807) is 7.11 Å². The molecule has 0 bridgehead atoms. The van der Waals surface area contributed by atoms with E-state index in [2.05, 4.69) is 6.58 Å². The van der Waals surface area contributed by atoms with E-state index >= 15 is 0 Å². The van der Waals surface area contributed by atoms with Crippen molar-refractivity contribution in [2.75, 3.05) is 33.5 Å². The summed E-state index contributed by atoms with van der Waals surface area (Å²) >= 11 is 0. The third kappa shape index (κ3) is 5.00. The van der Waals surface area contributed by atoms with E-state index in [1.807, 2.05) is 36.4 Å². The smallest absolute Gasteiger partial charge is 0.330 e. The monoisotopic (exact) mass is 316 g/mol. The molecule has 0 unspecified atom stereocenters. The molecule has 0 fully saturated rings. The van der Waals surface area contributed by atoms with Gasteiger partial charge in [0.2, 0.25) is 0 Å². The van der Waals surface area contributed by atoms with Gasteiger partial charge in [0.15, 0.2) is 0 Å². The van der Waals surface area contributed by atoms with Crippen LogP contribution < -0.4 is 9.47 Å². The summed E-state index contributed by atoms with van der Waals surface area (Å²) in [5.74, 6) is 1.16. The number of hydrogen-bond donors (Lipinski definition) is 0. The maximum atomic E-state index is 10.8. The standard InChI is InChI=1S/C18H20O5/c1-3-18(19)23-12-10-21-9-11-22-17-6-4-5-14-13-15(20-2)7-8-16(14)17/h3-8,13H,1,9-12H2,2H3. The van der Waals surface area contributed by atoms with Crippen LogP contribution in [0.5, 0.6) is 11.5 Å². The highest BCUT2D eigenvalue weighted by Gasteiger charge is 2.03. The van der Waals surface area contributed by atoms with E-state index in [9.17, 15) is 4.79 Å². The average molecular weight is 316 g/mol. The van der Waals surface area contributed by atoms with Gasteiger partial charge in [0, 0.05) is 11.5 Å². The zero-order valence-corrected chi connectivity index (χ0v) is 13.1. The first-order valence-corrected chi connectivity index (χ1v) is 7.31. The first kappa shape index (κ1) is 16.8. The number of fused-ring (bicyclic) bond motifs is 1. The van der Waals surface area contributed by atoms with E-state index < -0.39 is 5.97 Å². The minimum atomic E-state index is -0.448. The summed E-state index contributed by atoms with van der Waals surface area (Å²) < 4.78 is 21.1. The van der Waals surface area contributed by atoms with Gasteiger partial charge < -0.3 is 18.9 Å². The Kier molecular flexibility index (Phi) is 6.44. The summed E-state index contributed by atoms with van der Waals surface area (Å²) in [4.78, 5) is 10.8. The molecule has 0 amide bonds. The molecule has 0 spiro atoms. The number of esters is 1. The van der Waals surface area contributed by atoms with E-state index in [1.165, 1.54) is 0 Å². The lowest BCUT2D eigenvalue weighted by molar-refractivity contribution is -0.139. The van der Waals surface area contributed by atoms with Crippen LogP contribution >= 0.6 is 0 Å². The predicted molar refractivity (Wildman–Crippen MR) is 88.0 cm³/mol. The van der Waals surface area contributed by atoms with Crippen molar-refractivity contribution < 1.29 is 23.7 Å². The first-order chi connectivity index (χ1) is 11.2. The maximum absolute atomic E-state index is 10.8. The second-order valence-corrected chi connectivity index (χ2v) is 4.68. The van der Waals surface area contributed by atoms with Crippen molar-refractivity contribution in [1.29, 1.82) is 0 Å². The lowest BCUT2D eigenvalue weighted by Crippen LogP contribution is -2.12. The Bertz CT molecular complexity index is 666. The maximum Gasteiger partial charge on any atom is 0.330 e. The van der Waals surface area contributed by atoms with Crippen molar-refractivity contribution in [2.45, 2.75) is 0 Å². The minimum absolute atomic E-state index is 0.207. The summed E-state index contributed by atoms with van der Waals surface area (Å²) in [7, 11) is 1.64. The second-order valence-electron chi connectivity index (χ2n) is 4.68. The molecule has 0 aliphatic heterocycles. The average Bonchev–Trinajstić information content (AvgIpc) is 2.60. The van der Waals surface area contributed by atoms with Crippen LogP contribution in [0.25, 0.3) is 10.8 Å². The van der Waals surface area contributed by atoms with Gasteiger partial charge in [0.1, 0.15) is 24.7 Å². The van der Waals surface area contributed by atoms with Crippen LogP contribution in [-0.2, 0) is 14.3 Å². The normalized spacial score (nSPS) is 10.3. The van der Waals surface area contributed by atoms with Gasteiger partial charge in [0.25, 0.3) is 0 Å². The van der Waals surface area contributed by atoms with Gasteiger partial charge in [-0.05, 0) is 29.7 Å². The Labute approximate surface area is 135 Å². The van der Waals surface area contributed by atoms with Crippen LogP contribution in [0.2, 0.25) is 0 Å². The highest BCUT2D eigenvalue weighted by molar-refractivity contribution is 5.89. The van der Waals surface area contributed by atoms with Crippen molar-refractivity contribution in [1.82, 2.24) is 0 Å². The Hall–Kier alpha value is -2.53. The number of carbonyl (C=O) groups is 1. The molecule has 5 nitrogen and oxygen atoms in total. The van der Waals surface area contributed by atoms with Crippen LogP contribution in [0.3, 0.4) is 0 Å². The summed E-state index contributed by atoms with van der Waals surface area (Å²) in [5.41, 5.74) is 0. The third-order valence-corrected chi connectivity index (χ3v) is 3.17. The lowest BCUT2D eigenvalue weighted by atomic mass is 10.1. The molecule has 0 N–H and O–H groups in total. The summed E-state index contributed by atoms with van der Waals surface area (Å²) in [6.45, 7) is 4.68. The van der Waals surface area contributed by atoms with Crippen LogP contribution in [0.4, 0.5) is 0 Å². The number of hydrogen-bond acceptors (Lipinski definition) is 5. The molecule has 0 aromatic heterocycles. The number of ether oxygens (including phenoxy) is 4. The molecule has 0 aliphatic rings. The predicted octanol–water partition coefficient (Wildman–Crippen LogP) is 2.97. The van der Waals surface area contributed by atoms with Crippen molar-refractivity contribution in [2.24, 2.45) is 0 Å². The van der Waals surface area contributed by atoms with Crippen molar-refractivity contribution in [3.8, 4) is 11.5 Å². The van der Waals surface area contributed by atoms with Crippen LogP contribution in [-0.4, -0.2) is 39.5 Å². The molecule has 0 atom stereocenters. The molecule has 122 valence electrons. The fraction of sp³-hybridized carbons (Fsp3) is 0.278. The molecule has 0 heterocycles. The first-order valence-electron chi connectivity index (χ1n) is 7.31. The van der Waals surface area contributed by atoms with Gasteiger partial charge in [0.05, 0.1) is 20.3 Å². The fourth-order valence-electron chi connectivity index (χ4n) is 2.06. The van der Waals surface area contributed by atoms with E-state index in [0.717, 1.165) is 28.3 Å². The molecule has 2 aromatic rings. The Morgan fingerprint density at radius 2 is 1.96 bits per heavy atom. The van der Waals surface area contributed by atoms with Crippen molar-refractivity contribution in [3.05, 3.63) is 49.1 Å². The molecular weight excluding hydrogens is 296 g/mol. The number of methoxy groups -OCH3 is 1. The van der Waals surface area contributed by atoms with Gasteiger partial charge in [-0.2, -0.15) is 0 Å². The molecule has 2 rings (SSSR count). The zero-order valence-electron chi connectivity index (χ0n) is 13.1. The highest BCUT2D eigenvalue weighted by atomic mass is 16.6. The minimum Gasteiger partial charge on any atom is -0.497 e. The summed E-state index contributed by atoms with van der Waals surface area (Å²) in [5, 5.41) is 2.08. The van der Waals surface area contributed by atoms with Crippen LogP contribution in [0.15, 0.2) is 49.1 Å². The van der Waals surface area contributed by atoms with Crippen LogP contribution in [0, 0.1) is 0 Å². The SMILES string of the molecule is C=CC(=O)OCCOCCOc1cccc2cc(OC)ccc12. The molecule has 0 aliphatic carbocycles. The molecule has 23 heavy (non-hydrogen) atoms. The largest absolute Gasteiger partial charge is 0.497 e. The molecule has 0 saturated heterocycles. The Morgan fingerprint density at radius 3 is 2.74 bits per heavy atom. The van der Waals surface area contributed by atoms with Crippen molar-refractivity contribution in [3.63, 3.8) is 0 Å². The van der Waals surface area contributed by atoms with Gasteiger partial charge in [-0.25, -0.2) is 4.79 Å². The highest BCUT2D eigenvalue weighted by Crippen LogP contribution is 2.28. The second kappa shape index (κ2) is 8.80. The lowest BCUT2D eigenvalue weighted by Gasteiger charge is -2.10. The van der Waals surface area contributed by atoms with Gasteiger partial charge in [-0.3, -0.25) is 0 Å². The Balaban J connectivity index is 1.79. The van der Waals surface area contributed by atoms with E-state index in [-0.39, 0.29) is 6.61 Å². The number of benzene rings is 2. The van der Waals surface area contributed by atoms with Crippen LogP contribution in [0.1, 0.15) is 0 Å². The molecule has 0 saturated carbocycles. The molecule has 2 aromatic carbocycles. The van der Waals surface area contributed by atoms with E-state index in [0.29, 0.717) is 19.8 Å².